The number of hydrogen-bond acceptors (Lipinski definition) is 8. The fourth-order valence-corrected chi connectivity index (χ4v) is 4.02. The lowest BCUT2D eigenvalue weighted by molar-refractivity contribution is -0.150. The monoisotopic (exact) mass is 394 g/mol. The highest BCUT2D eigenvalue weighted by Gasteiger charge is 2.32. The van der Waals surface area contributed by atoms with Crippen LogP contribution in [0.5, 0.6) is 0 Å². The lowest BCUT2D eigenvalue weighted by Crippen LogP contribution is -2.44. The third-order valence-electron chi connectivity index (χ3n) is 5.59. The van der Waals surface area contributed by atoms with E-state index in [0.717, 1.165) is 51.9 Å². The Labute approximate surface area is 170 Å². The quantitative estimate of drug-likeness (QED) is 0.598. The van der Waals surface area contributed by atoms with Crippen molar-refractivity contribution in [2.24, 2.45) is 0 Å². The number of piperazine rings is 1. The summed E-state index contributed by atoms with van der Waals surface area (Å²) in [4.78, 5) is 24.4. The van der Waals surface area contributed by atoms with E-state index in [1.807, 2.05) is 6.07 Å². The van der Waals surface area contributed by atoms with Crippen molar-refractivity contribution < 1.29 is 9.53 Å². The standard InChI is InChI=1S/C21H26N6O2/c22-13-16(21(28)29-15-4-2-1-3-5-15)19-20(27-10-8-24-9-11-27)26-17-7-6-14(23)12-18(17)25-19/h6-7,12,15-16,24H,1-5,8-11,23H2. The summed E-state index contributed by atoms with van der Waals surface area (Å²) in [6.07, 6.45) is 4.87. The highest BCUT2D eigenvalue weighted by Crippen LogP contribution is 2.30. The fraction of sp³-hybridized carbons (Fsp3) is 0.524. The predicted octanol–water partition coefficient (Wildman–Crippen LogP) is 2.10. The number of anilines is 2. The second-order valence-corrected chi connectivity index (χ2v) is 7.68. The zero-order chi connectivity index (χ0) is 20.2. The molecule has 1 aromatic heterocycles. The van der Waals surface area contributed by atoms with E-state index in [0.29, 0.717) is 28.2 Å². The van der Waals surface area contributed by atoms with Crippen molar-refractivity contribution in [1.82, 2.24) is 15.3 Å². The molecule has 0 radical (unpaired) electrons. The van der Waals surface area contributed by atoms with Crippen molar-refractivity contribution in [1.29, 1.82) is 5.26 Å². The summed E-state index contributed by atoms with van der Waals surface area (Å²) in [5.41, 5.74) is 8.08. The van der Waals surface area contributed by atoms with Crippen LogP contribution in [-0.4, -0.2) is 48.2 Å². The molecule has 2 fully saturated rings. The summed E-state index contributed by atoms with van der Waals surface area (Å²) in [5.74, 6) is -1.07. The van der Waals surface area contributed by atoms with Crippen molar-refractivity contribution >= 4 is 28.5 Å². The summed E-state index contributed by atoms with van der Waals surface area (Å²) < 4.78 is 5.69. The number of rotatable bonds is 4. The molecule has 152 valence electrons. The Kier molecular flexibility index (Phi) is 5.76. The van der Waals surface area contributed by atoms with Gasteiger partial charge in [-0.2, -0.15) is 5.26 Å². The first-order valence-electron chi connectivity index (χ1n) is 10.3. The van der Waals surface area contributed by atoms with Crippen molar-refractivity contribution in [2.45, 2.75) is 44.1 Å². The van der Waals surface area contributed by atoms with E-state index in [4.69, 9.17) is 15.5 Å². The summed E-state index contributed by atoms with van der Waals surface area (Å²) in [7, 11) is 0. The molecule has 8 nitrogen and oxygen atoms in total. The van der Waals surface area contributed by atoms with Crippen LogP contribution < -0.4 is 16.0 Å². The smallest absolute Gasteiger partial charge is 0.329 e. The summed E-state index contributed by atoms with van der Waals surface area (Å²) in [6.45, 7) is 3.09. The highest BCUT2D eigenvalue weighted by molar-refractivity contribution is 5.86. The van der Waals surface area contributed by atoms with E-state index in [2.05, 4.69) is 21.3 Å². The Hall–Kier alpha value is -2.92. The predicted molar refractivity (Wildman–Crippen MR) is 110 cm³/mol. The third kappa shape index (κ3) is 4.25. The van der Waals surface area contributed by atoms with E-state index in [1.54, 1.807) is 12.1 Å². The molecule has 2 aliphatic rings. The molecule has 3 N–H and O–H groups in total. The fourth-order valence-electron chi connectivity index (χ4n) is 4.02. The number of hydrogen-bond donors (Lipinski definition) is 2. The first kappa shape index (κ1) is 19.4. The number of esters is 1. The van der Waals surface area contributed by atoms with Gasteiger partial charge >= 0.3 is 5.97 Å². The van der Waals surface area contributed by atoms with Gasteiger partial charge < -0.3 is 20.7 Å². The van der Waals surface area contributed by atoms with E-state index < -0.39 is 11.9 Å². The number of benzene rings is 1. The van der Waals surface area contributed by atoms with Crippen molar-refractivity contribution in [3.05, 3.63) is 23.9 Å². The van der Waals surface area contributed by atoms with Crippen LogP contribution >= 0.6 is 0 Å². The minimum absolute atomic E-state index is 0.112. The third-order valence-corrected chi connectivity index (χ3v) is 5.59. The Morgan fingerprint density at radius 2 is 1.97 bits per heavy atom. The maximum absolute atomic E-state index is 12.9. The second kappa shape index (κ2) is 8.62. The Balaban J connectivity index is 1.71. The van der Waals surface area contributed by atoms with Crippen molar-refractivity contribution in [3.63, 3.8) is 0 Å². The van der Waals surface area contributed by atoms with Gasteiger partial charge in [-0.05, 0) is 43.9 Å². The number of nitrogen functional groups attached to an aromatic ring is 1. The molecule has 0 bridgehead atoms. The molecule has 29 heavy (non-hydrogen) atoms. The highest BCUT2D eigenvalue weighted by atomic mass is 16.5. The molecule has 1 unspecified atom stereocenters. The van der Waals surface area contributed by atoms with Crippen LogP contribution in [0.3, 0.4) is 0 Å². The zero-order valence-corrected chi connectivity index (χ0v) is 16.4. The molecule has 1 saturated heterocycles. The SMILES string of the molecule is N#CC(C(=O)OC1CCCCC1)c1nc2cc(N)ccc2nc1N1CCNCC1. The molecule has 1 aliphatic carbocycles. The molecular formula is C21H26N6O2. The Bertz CT molecular complexity index is 929. The number of aromatic nitrogens is 2. The van der Waals surface area contributed by atoms with Crippen LogP contribution in [0.4, 0.5) is 11.5 Å². The van der Waals surface area contributed by atoms with E-state index in [-0.39, 0.29) is 6.10 Å². The average Bonchev–Trinajstić information content (AvgIpc) is 2.75. The van der Waals surface area contributed by atoms with Crippen LogP contribution in [0.1, 0.15) is 43.7 Å². The van der Waals surface area contributed by atoms with Crippen LogP contribution in [-0.2, 0) is 9.53 Å². The molecule has 2 aromatic rings. The van der Waals surface area contributed by atoms with Crippen LogP contribution in [0.2, 0.25) is 0 Å². The van der Waals surface area contributed by atoms with Gasteiger partial charge in [0.25, 0.3) is 0 Å². The minimum atomic E-state index is -1.11. The first-order valence-corrected chi connectivity index (χ1v) is 10.3. The number of nitrogens with one attached hydrogen (secondary N) is 1. The summed E-state index contributed by atoms with van der Waals surface area (Å²) >= 11 is 0. The van der Waals surface area contributed by atoms with E-state index in [1.165, 1.54) is 6.42 Å². The largest absolute Gasteiger partial charge is 0.461 e. The van der Waals surface area contributed by atoms with Crippen molar-refractivity contribution in [2.75, 3.05) is 36.8 Å². The molecule has 1 atom stereocenters. The van der Waals surface area contributed by atoms with Gasteiger partial charge in [-0.3, -0.25) is 4.79 Å². The lowest BCUT2D eigenvalue weighted by atomic mass is 9.97. The number of nitrogens with two attached hydrogens (primary N) is 1. The number of nitrogens with zero attached hydrogens (tertiary/aromatic N) is 4. The molecular weight excluding hydrogens is 368 g/mol. The molecule has 2 heterocycles. The number of carbonyl (C=O) groups excluding carboxylic acids is 1. The average molecular weight is 394 g/mol. The van der Waals surface area contributed by atoms with Gasteiger partial charge in [0.1, 0.15) is 11.8 Å². The van der Waals surface area contributed by atoms with Gasteiger partial charge in [0.2, 0.25) is 0 Å². The van der Waals surface area contributed by atoms with Crippen LogP contribution in [0.25, 0.3) is 11.0 Å². The zero-order valence-electron chi connectivity index (χ0n) is 16.4. The van der Waals surface area contributed by atoms with Crippen molar-refractivity contribution in [3.8, 4) is 6.07 Å². The van der Waals surface area contributed by atoms with Gasteiger partial charge in [0.15, 0.2) is 11.7 Å². The van der Waals surface area contributed by atoms with Gasteiger partial charge in [-0.25, -0.2) is 9.97 Å². The van der Waals surface area contributed by atoms with Gasteiger partial charge in [0.05, 0.1) is 17.1 Å². The van der Waals surface area contributed by atoms with Crippen LogP contribution in [0.15, 0.2) is 18.2 Å². The lowest BCUT2D eigenvalue weighted by Gasteiger charge is -2.30. The summed E-state index contributed by atoms with van der Waals surface area (Å²) in [5, 5.41) is 13.2. The first-order chi connectivity index (χ1) is 14.2. The van der Waals surface area contributed by atoms with Gasteiger partial charge in [0, 0.05) is 31.9 Å². The normalized spacial score (nSPS) is 18.9. The number of nitriles is 1. The minimum Gasteiger partial charge on any atom is -0.461 e. The van der Waals surface area contributed by atoms with Gasteiger partial charge in [-0.1, -0.05) is 6.42 Å². The van der Waals surface area contributed by atoms with Gasteiger partial charge in [-0.15, -0.1) is 0 Å². The second-order valence-electron chi connectivity index (χ2n) is 7.68. The Morgan fingerprint density at radius 1 is 1.21 bits per heavy atom. The maximum Gasteiger partial charge on any atom is 0.329 e. The molecule has 0 amide bonds. The van der Waals surface area contributed by atoms with Crippen LogP contribution in [0, 0.1) is 11.3 Å². The number of fused-ring (bicyclic) bond motifs is 1. The Morgan fingerprint density at radius 3 is 2.69 bits per heavy atom. The molecule has 1 saturated carbocycles. The molecule has 8 heteroatoms. The number of carbonyl (C=O) groups is 1. The molecule has 0 spiro atoms. The topological polar surface area (TPSA) is 117 Å². The molecule has 4 rings (SSSR count). The maximum atomic E-state index is 12.9. The summed E-state index contributed by atoms with van der Waals surface area (Å²) in [6, 6.07) is 7.42. The molecule has 1 aromatic carbocycles. The van der Waals surface area contributed by atoms with E-state index in [9.17, 15) is 10.1 Å². The molecule has 1 aliphatic heterocycles. The number of ether oxygens (including phenoxy) is 1. The van der Waals surface area contributed by atoms with E-state index >= 15 is 0 Å².